The lowest BCUT2D eigenvalue weighted by Gasteiger charge is -2.35. The molecule has 4 rings (SSSR count). The molecule has 0 radical (unpaired) electrons. The van der Waals surface area contributed by atoms with Crippen molar-refractivity contribution in [1.29, 1.82) is 0 Å². The van der Waals surface area contributed by atoms with Gasteiger partial charge in [0.1, 0.15) is 5.60 Å². The van der Waals surface area contributed by atoms with Gasteiger partial charge in [-0.1, -0.05) is 23.7 Å². The fourth-order valence-electron chi connectivity index (χ4n) is 3.73. The molecule has 2 aromatic carbocycles. The van der Waals surface area contributed by atoms with Crippen LogP contribution in [-0.2, 0) is 11.2 Å². The van der Waals surface area contributed by atoms with E-state index in [0.717, 1.165) is 26.1 Å². The third kappa shape index (κ3) is 5.16. The highest BCUT2D eigenvalue weighted by Gasteiger charge is 2.25. The number of nitrogens with zero attached hydrogens (tertiary/aromatic N) is 3. The molecule has 1 aliphatic heterocycles. The van der Waals surface area contributed by atoms with E-state index in [4.69, 9.17) is 20.9 Å². The summed E-state index contributed by atoms with van der Waals surface area (Å²) in [5, 5.41) is 0.969. The summed E-state index contributed by atoms with van der Waals surface area (Å²) in [6.45, 7) is 9.55. The Morgan fingerprint density at radius 2 is 1.75 bits per heavy atom. The highest BCUT2D eigenvalue weighted by Crippen LogP contribution is 2.19. The Labute approximate surface area is 192 Å². The zero-order valence-electron chi connectivity index (χ0n) is 18.6. The minimum Gasteiger partial charge on any atom is -0.444 e. The van der Waals surface area contributed by atoms with Crippen LogP contribution in [0.25, 0.3) is 16.7 Å². The number of carbonyl (C=O) groups excluding carboxylic acids is 1. The number of amides is 1. The smallest absolute Gasteiger partial charge is 0.410 e. The monoisotopic (exact) mass is 457 g/mol. The summed E-state index contributed by atoms with van der Waals surface area (Å²) in [5.74, 6) is 0. The number of rotatable bonds is 4. The molecule has 0 N–H and O–H groups in total. The Kier molecular flexibility index (Phi) is 6.31. The fourth-order valence-corrected chi connectivity index (χ4v) is 3.91. The van der Waals surface area contributed by atoms with Gasteiger partial charge in [-0.05, 0) is 63.1 Å². The maximum absolute atomic E-state index is 12.6. The Bertz CT molecular complexity index is 1150. The zero-order chi connectivity index (χ0) is 22.9. The van der Waals surface area contributed by atoms with Crippen LogP contribution in [-0.4, -0.2) is 59.0 Å². The lowest BCUT2D eigenvalue weighted by molar-refractivity contribution is 0.0146. The maximum atomic E-state index is 12.6. The van der Waals surface area contributed by atoms with Crippen molar-refractivity contribution >= 4 is 28.7 Å². The number of aromatic nitrogens is 1. The van der Waals surface area contributed by atoms with Crippen molar-refractivity contribution in [3.8, 4) is 5.69 Å². The summed E-state index contributed by atoms with van der Waals surface area (Å²) >= 11 is 5.99. The van der Waals surface area contributed by atoms with Gasteiger partial charge in [0.05, 0.1) is 11.1 Å². The lowest BCUT2D eigenvalue weighted by atomic mass is 10.1. The molecule has 0 aliphatic carbocycles. The van der Waals surface area contributed by atoms with E-state index >= 15 is 0 Å². The molecule has 7 nitrogen and oxygen atoms in total. The van der Waals surface area contributed by atoms with Crippen molar-refractivity contribution in [2.45, 2.75) is 32.8 Å². The van der Waals surface area contributed by atoms with Crippen LogP contribution in [0.4, 0.5) is 4.79 Å². The molecule has 0 atom stereocenters. The van der Waals surface area contributed by atoms with Crippen LogP contribution >= 0.6 is 11.6 Å². The molecular weight excluding hydrogens is 430 g/mol. The molecule has 1 aliphatic rings. The molecule has 0 unspecified atom stereocenters. The summed E-state index contributed by atoms with van der Waals surface area (Å²) in [4.78, 5) is 28.9. The maximum Gasteiger partial charge on any atom is 0.410 e. The second-order valence-corrected chi connectivity index (χ2v) is 9.49. The molecule has 1 fully saturated rings. The van der Waals surface area contributed by atoms with Gasteiger partial charge in [0, 0.05) is 37.7 Å². The van der Waals surface area contributed by atoms with Crippen LogP contribution in [0.5, 0.6) is 0 Å². The Balaban J connectivity index is 1.32. The summed E-state index contributed by atoms with van der Waals surface area (Å²) in [6, 6.07) is 12.8. The fraction of sp³-hybridized carbons (Fsp3) is 0.417. The largest absolute Gasteiger partial charge is 0.444 e. The van der Waals surface area contributed by atoms with Gasteiger partial charge in [-0.2, -0.15) is 0 Å². The number of carbonyl (C=O) groups is 1. The Hall–Kier alpha value is -2.77. The molecule has 0 spiro atoms. The first-order chi connectivity index (χ1) is 15.2. The molecule has 1 amide bonds. The van der Waals surface area contributed by atoms with E-state index in [1.54, 1.807) is 23.1 Å². The molecular formula is C24H28ClN3O4. The minimum atomic E-state index is -0.471. The SMILES string of the molecule is CC(C)(C)OC(=O)N1CCN(CCc2ccc(-n3oc4ccc(Cl)cc4c3=O)cc2)CC1. The van der Waals surface area contributed by atoms with Gasteiger partial charge < -0.3 is 14.2 Å². The molecule has 170 valence electrons. The highest BCUT2D eigenvalue weighted by atomic mass is 35.5. The number of piperazine rings is 1. The average molecular weight is 458 g/mol. The van der Waals surface area contributed by atoms with Crippen LogP contribution in [0, 0.1) is 0 Å². The van der Waals surface area contributed by atoms with E-state index in [2.05, 4.69) is 4.90 Å². The van der Waals surface area contributed by atoms with Gasteiger partial charge in [0.25, 0.3) is 5.56 Å². The average Bonchev–Trinajstić information content (AvgIpc) is 3.08. The normalized spacial score (nSPS) is 15.3. The topological polar surface area (TPSA) is 67.9 Å². The first kappa shape index (κ1) is 22.4. The van der Waals surface area contributed by atoms with Gasteiger partial charge in [-0.15, -0.1) is 4.74 Å². The van der Waals surface area contributed by atoms with Crippen LogP contribution in [0.1, 0.15) is 26.3 Å². The quantitative estimate of drug-likeness (QED) is 0.583. The van der Waals surface area contributed by atoms with E-state index in [-0.39, 0.29) is 11.7 Å². The Morgan fingerprint density at radius 3 is 2.41 bits per heavy atom. The van der Waals surface area contributed by atoms with Crippen LogP contribution in [0.3, 0.4) is 0 Å². The third-order valence-electron chi connectivity index (χ3n) is 5.46. The standard InChI is InChI=1S/C24H28ClN3O4/c1-24(2,3)31-23(30)27-14-12-26(13-15-27)11-10-17-4-7-19(8-5-17)28-22(29)20-16-18(25)6-9-21(20)32-28/h4-9,16H,10-15H2,1-3H3. The zero-order valence-corrected chi connectivity index (χ0v) is 19.4. The lowest BCUT2D eigenvalue weighted by Crippen LogP contribution is -2.50. The molecule has 8 heteroatoms. The van der Waals surface area contributed by atoms with Crippen molar-refractivity contribution in [2.24, 2.45) is 0 Å². The van der Waals surface area contributed by atoms with Gasteiger partial charge in [0.2, 0.25) is 0 Å². The molecule has 0 saturated carbocycles. The number of hydrogen-bond donors (Lipinski definition) is 0. The molecule has 1 saturated heterocycles. The van der Waals surface area contributed by atoms with E-state index in [9.17, 15) is 9.59 Å². The minimum absolute atomic E-state index is 0.224. The van der Waals surface area contributed by atoms with Crippen molar-refractivity contribution in [2.75, 3.05) is 32.7 Å². The third-order valence-corrected chi connectivity index (χ3v) is 5.69. The summed E-state index contributed by atoms with van der Waals surface area (Å²) in [5.41, 5.74) is 1.67. The number of benzene rings is 2. The number of fused-ring (bicyclic) bond motifs is 1. The van der Waals surface area contributed by atoms with Crippen molar-refractivity contribution in [1.82, 2.24) is 14.5 Å². The van der Waals surface area contributed by atoms with Crippen molar-refractivity contribution in [3.63, 3.8) is 0 Å². The summed E-state index contributed by atoms with van der Waals surface area (Å²) in [6.07, 6.45) is 0.646. The van der Waals surface area contributed by atoms with E-state index < -0.39 is 5.60 Å². The highest BCUT2D eigenvalue weighted by molar-refractivity contribution is 6.31. The molecule has 0 bridgehead atoms. The summed E-state index contributed by atoms with van der Waals surface area (Å²) < 4.78 is 12.4. The predicted molar refractivity (Wildman–Crippen MR) is 125 cm³/mol. The van der Waals surface area contributed by atoms with Crippen LogP contribution in [0.2, 0.25) is 5.02 Å². The van der Waals surface area contributed by atoms with Gasteiger partial charge in [-0.25, -0.2) is 4.79 Å². The van der Waals surface area contributed by atoms with Gasteiger partial charge in [-0.3, -0.25) is 9.69 Å². The molecule has 1 aromatic heterocycles. The number of halogens is 1. The van der Waals surface area contributed by atoms with Crippen molar-refractivity contribution in [3.05, 3.63) is 63.4 Å². The second-order valence-electron chi connectivity index (χ2n) is 9.06. The molecule has 32 heavy (non-hydrogen) atoms. The molecule has 2 heterocycles. The van der Waals surface area contributed by atoms with E-state index in [1.807, 2.05) is 45.0 Å². The van der Waals surface area contributed by atoms with Gasteiger partial charge in [0.15, 0.2) is 5.58 Å². The van der Waals surface area contributed by atoms with Crippen LogP contribution < -0.4 is 5.56 Å². The summed E-state index contributed by atoms with van der Waals surface area (Å²) in [7, 11) is 0. The first-order valence-electron chi connectivity index (χ1n) is 10.8. The molecule has 3 aromatic rings. The predicted octanol–water partition coefficient (Wildman–Crippen LogP) is 4.33. The van der Waals surface area contributed by atoms with Gasteiger partial charge >= 0.3 is 6.09 Å². The van der Waals surface area contributed by atoms with Crippen LogP contribution in [0.15, 0.2) is 51.8 Å². The van der Waals surface area contributed by atoms with E-state index in [0.29, 0.717) is 34.8 Å². The van der Waals surface area contributed by atoms with Crippen molar-refractivity contribution < 1.29 is 14.1 Å². The Morgan fingerprint density at radius 1 is 1.06 bits per heavy atom. The number of hydrogen-bond acceptors (Lipinski definition) is 5. The van der Waals surface area contributed by atoms with E-state index in [1.165, 1.54) is 10.3 Å². The first-order valence-corrected chi connectivity index (χ1v) is 11.2. The second kappa shape index (κ2) is 9.00. The number of ether oxygens (including phenoxy) is 1.